The monoisotopic (exact) mass is 361 g/mol. The summed E-state index contributed by atoms with van der Waals surface area (Å²) in [6.45, 7) is 1.82. The highest BCUT2D eigenvalue weighted by Gasteiger charge is 2.23. The third kappa shape index (κ3) is 9.58. The quantitative estimate of drug-likeness (QED) is 0.391. The molecule has 0 atom stereocenters. The molecule has 1 aromatic carbocycles. The minimum atomic E-state index is -0.923. The van der Waals surface area contributed by atoms with Gasteiger partial charge in [0.15, 0.2) is 0 Å². The highest BCUT2D eigenvalue weighted by atomic mass is 35.5. The van der Waals surface area contributed by atoms with E-state index in [2.05, 4.69) is 19.1 Å². The van der Waals surface area contributed by atoms with E-state index in [1.165, 1.54) is 49.2 Å². The molecule has 3 nitrogen and oxygen atoms in total. The second-order valence-electron chi connectivity index (χ2n) is 6.12. The molecule has 1 aromatic rings. The molecule has 0 aliphatic rings. The lowest BCUT2D eigenvalue weighted by molar-refractivity contribution is 0.121. The maximum Gasteiger partial charge on any atom is 0.0663 e. The predicted octanol–water partition coefficient (Wildman–Crippen LogP) is 3.79. The van der Waals surface area contributed by atoms with Crippen molar-refractivity contribution in [2.24, 2.45) is 5.73 Å². The van der Waals surface area contributed by atoms with Crippen LogP contribution in [0.5, 0.6) is 0 Å². The summed E-state index contributed by atoms with van der Waals surface area (Å²) in [7, 11) is 0. The molecule has 0 amide bonds. The Hall–Kier alpha value is -0.260. The smallest absolute Gasteiger partial charge is 0.0663 e. The summed E-state index contributed by atoms with van der Waals surface area (Å²) in [6, 6.07) is 8.28. The molecule has 5 heteroatoms. The van der Waals surface area contributed by atoms with Gasteiger partial charge in [-0.2, -0.15) is 0 Å². The standard InChI is InChI=1S/C18H31NO2S.ClH/c1-2-3-4-5-6-7-12-22-17-10-8-16(9-11-17)13-18(19,14-20)15-21;/h8-11,20-21H,2-7,12-15,19H2,1H3;1H. The van der Waals surface area contributed by atoms with Crippen LogP contribution in [0.25, 0.3) is 0 Å². The third-order valence-corrected chi connectivity index (χ3v) is 4.97. The SMILES string of the molecule is CCCCCCCCSc1ccc(CC(N)(CO)CO)cc1.Cl. The van der Waals surface area contributed by atoms with Gasteiger partial charge in [-0.3, -0.25) is 0 Å². The summed E-state index contributed by atoms with van der Waals surface area (Å²) >= 11 is 1.89. The number of rotatable bonds is 12. The van der Waals surface area contributed by atoms with E-state index in [1.807, 2.05) is 23.9 Å². The van der Waals surface area contributed by atoms with Gasteiger partial charge in [-0.15, -0.1) is 24.2 Å². The van der Waals surface area contributed by atoms with Crippen molar-refractivity contribution in [1.82, 2.24) is 0 Å². The molecule has 4 N–H and O–H groups in total. The molecule has 0 bridgehead atoms. The number of nitrogens with two attached hydrogens (primary N) is 1. The fourth-order valence-corrected chi connectivity index (χ4v) is 3.26. The molecule has 23 heavy (non-hydrogen) atoms. The topological polar surface area (TPSA) is 66.5 Å². The van der Waals surface area contributed by atoms with Gasteiger partial charge in [-0.05, 0) is 36.3 Å². The van der Waals surface area contributed by atoms with Crippen LogP contribution in [0.3, 0.4) is 0 Å². The van der Waals surface area contributed by atoms with Crippen LogP contribution in [0, 0.1) is 0 Å². The molecule has 134 valence electrons. The number of hydrogen-bond acceptors (Lipinski definition) is 4. The first kappa shape index (κ1) is 22.7. The largest absolute Gasteiger partial charge is 0.394 e. The van der Waals surface area contributed by atoms with Crippen molar-refractivity contribution < 1.29 is 10.2 Å². The Balaban J connectivity index is 0.00000484. The van der Waals surface area contributed by atoms with Crippen molar-refractivity contribution in [2.45, 2.75) is 62.3 Å². The number of benzene rings is 1. The second-order valence-corrected chi connectivity index (χ2v) is 7.28. The normalized spacial score (nSPS) is 11.3. The van der Waals surface area contributed by atoms with Gasteiger partial charge in [0.25, 0.3) is 0 Å². The average Bonchev–Trinajstić information content (AvgIpc) is 2.55. The summed E-state index contributed by atoms with van der Waals surface area (Å²) in [5, 5.41) is 18.5. The number of hydrogen-bond donors (Lipinski definition) is 3. The van der Waals surface area contributed by atoms with Crippen molar-refractivity contribution in [3.63, 3.8) is 0 Å². The highest BCUT2D eigenvalue weighted by molar-refractivity contribution is 7.99. The van der Waals surface area contributed by atoms with Gasteiger partial charge in [0.1, 0.15) is 0 Å². The molecule has 0 aromatic heterocycles. The molecule has 0 aliphatic heterocycles. The molecular weight excluding hydrogens is 330 g/mol. The van der Waals surface area contributed by atoms with E-state index in [-0.39, 0.29) is 25.6 Å². The third-order valence-electron chi connectivity index (χ3n) is 3.88. The Labute approximate surface area is 151 Å². The van der Waals surface area contributed by atoms with Gasteiger partial charge in [0.2, 0.25) is 0 Å². The molecule has 0 spiro atoms. The zero-order valence-corrected chi connectivity index (χ0v) is 15.8. The highest BCUT2D eigenvalue weighted by Crippen LogP contribution is 2.21. The number of aliphatic hydroxyl groups is 2. The molecule has 0 unspecified atom stereocenters. The molecule has 0 saturated carbocycles. The van der Waals surface area contributed by atoms with Crippen molar-refractivity contribution >= 4 is 24.2 Å². The Morgan fingerprint density at radius 2 is 1.52 bits per heavy atom. The molecule has 0 fully saturated rings. The summed E-state index contributed by atoms with van der Waals surface area (Å²) in [6.07, 6.45) is 8.48. The van der Waals surface area contributed by atoms with Crippen LogP contribution < -0.4 is 5.73 Å². The van der Waals surface area contributed by atoms with Crippen LogP contribution >= 0.6 is 24.2 Å². The molecule has 0 aliphatic carbocycles. The lowest BCUT2D eigenvalue weighted by atomic mass is 9.94. The van der Waals surface area contributed by atoms with Crippen LogP contribution in [0.2, 0.25) is 0 Å². The summed E-state index contributed by atoms with van der Waals surface area (Å²) in [5.41, 5.74) is 6.04. The summed E-state index contributed by atoms with van der Waals surface area (Å²) < 4.78 is 0. The predicted molar refractivity (Wildman–Crippen MR) is 103 cm³/mol. The van der Waals surface area contributed by atoms with E-state index in [0.29, 0.717) is 6.42 Å². The fraction of sp³-hybridized carbons (Fsp3) is 0.667. The van der Waals surface area contributed by atoms with E-state index in [9.17, 15) is 10.2 Å². The first-order valence-corrected chi connectivity index (χ1v) is 9.34. The Morgan fingerprint density at radius 1 is 0.957 bits per heavy atom. The zero-order chi connectivity index (χ0) is 16.3. The van der Waals surface area contributed by atoms with E-state index >= 15 is 0 Å². The zero-order valence-electron chi connectivity index (χ0n) is 14.2. The second kappa shape index (κ2) is 13.1. The molecule has 0 radical (unpaired) electrons. The van der Waals surface area contributed by atoms with Crippen LogP contribution in [0.15, 0.2) is 29.2 Å². The van der Waals surface area contributed by atoms with E-state index in [1.54, 1.807) is 0 Å². The lowest BCUT2D eigenvalue weighted by Gasteiger charge is -2.24. The van der Waals surface area contributed by atoms with Gasteiger partial charge >= 0.3 is 0 Å². The van der Waals surface area contributed by atoms with E-state index in [4.69, 9.17) is 5.73 Å². The molecule has 1 rings (SSSR count). The first-order chi connectivity index (χ1) is 10.6. The molecule has 0 saturated heterocycles. The van der Waals surface area contributed by atoms with Crippen molar-refractivity contribution in [3.8, 4) is 0 Å². The lowest BCUT2D eigenvalue weighted by Crippen LogP contribution is -2.49. The van der Waals surface area contributed by atoms with Crippen molar-refractivity contribution in [1.29, 1.82) is 0 Å². The summed E-state index contributed by atoms with van der Waals surface area (Å²) in [4.78, 5) is 1.27. The number of unbranched alkanes of at least 4 members (excludes halogenated alkanes) is 5. The van der Waals surface area contributed by atoms with Gasteiger partial charge in [-0.25, -0.2) is 0 Å². The van der Waals surface area contributed by atoms with Crippen LogP contribution in [0.1, 0.15) is 51.0 Å². The van der Waals surface area contributed by atoms with Gasteiger partial charge in [0, 0.05) is 4.90 Å². The summed E-state index contributed by atoms with van der Waals surface area (Å²) in [5.74, 6) is 1.17. The average molecular weight is 362 g/mol. The Kier molecular flexibility index (Phi) is 12.9. The number of thioether (sulfide) groups is 1. The van der Waals surface area contributed by atoms with Crippen molar-refractivity contribution in [3.05, 3.63) is 29.8 Å². The van der Waals surface area contributed by atoms with Gasteiger partial charge in [-0.1, -0.05) is 51.2 Å². The van der Waals surface area contributed by atoms with Crippen molar-refractivity contribution in [2.75, 3.05) is 19.0 Å². The van der Waals surface area contributed by atoms with Gasteiger partial charge < -0.3 is 15.9 Å². The van der Waals surface area contributed by atoms with Crippen LogP contribution in [0.4, 0.5) is 0 Å². The molecule has 0 heterocycles. The maximum atomic E-state index is 9.23. The first-order valence-electron chi connectivity index (χ1n) is 8.36. The Morgan fingerprint density at radius 3 is 2.09 bits per heavy atom. The maximum absolute atomic E-state index is 9.23. The van der Waals surface area contributed by atoms with Crippen LogP contribution in [-0.4, -0.2) is 34.7 Å². The number of halogens is 1. The molecular formula is C18H32ClNO2S. The van der Waals surface area contributed by atoms with E-state index < -0.39 is 5.54 Å². The fourth-order valence-electron chi connectivity index (χ4n) is 2.34. The number of aliphatic hydroxyl groups excluding tert-OH is 2. The Bertz CT molecular complexity index is 397. The minimum absolute atomic E-state index is 0. The van der Waals surface area contributed by atoms with Gasteiger partial charge in [0.05, 0.1) is 18.8 Å². The minimum Gasteiger partial charge on any atom is -0.394 e. The van der Waals surface area contributed by atoms with Crippen LogP contribution in [-0.2, 0) is 6.42 Å². The van der Waals surface area contributed by atoms with E-state index in [0.717, 1.165) is 5.56 Å².